The van der Waals surface area contributed by atoms with Crippen LogP contribution < -0.4 is 4.72 Å². The van der Waals surface area contributed by atoms with Crippen molar-refractivity contribution < 1.29 is 12.8 Å². The molecule has 20 heavy (non-hydrogen) atoms. The second-order valence-corrected chi connectivity index (χ2v) is 7.02. The molecule has 0 saturated carbocycles. The summed E-state index contributed by atoms with van der Waals surface area (Å²) in [6.07, 6.45) is 0. The molecule has 0 radical (unpaired) electrons. The summed E-state index contributed by atoms with van der Waals surface area (Å²) >= 11 is 3.28. The molecule has 0 heterocycles. The Labute approximate surface area is 126 Å². The average Bonchev–Trinajstić information content (AvgIpc) is 2.25. The van der Waals surface area contributed by atoms with Crippen LogP contribution in [-0.4, -0.2) is 8.42 Å². The highest BCUT2D eigenvalue weighted by atomic mass is 79.9. The summed E-state index contributed by atoms with van der Waals surface area (Å²) in [5.74, 6) is -0.443. The van der Waals surface area contributed by atoms with E-state index in [1.54, 1.807) is 38.1 Å². The van der Waals surface area contributed by atoms with Gasteiger partial charge in [0.15, 0.2) is 0 Å². The lowest BCUT2D eigenvalue weighted by Gasteiger charge is -2.13. The van der Waals surface area contributed by atoms with E-state index in [0.29, 0.717) is 16.8 Å². The quantitative estimate of drug-likeness (QED) is 0.901. The first-order valence-electron chi connectivity index (χ1n) is 5.85. The van der Waals surface area contributed by atoms with Gasteiger partial charge in [0.05, 0.1) is 4.90 Å². The molecule has 0 atom stereocenters. The maximum absolute atomic E-state index is 13.3. The predicted octanol–water partition coefficient (Wildman–Crippen LogP) is 4.01. The molecular weight excluding hydrogens is 345 g/mol. The normalized spacial score (nSPS) is 11.4. The van der Waals surface area contributed by atoms with Crippen molar-refractivity contribution in [1.82, 2.24) is 0 Å². The second kappa shape index (κ2) is 5.54. The number of hydrogen-bond acceptors (Lipinski definition) is 2. The van der Waals surface area contributed by atoms with Gasteiger partial charge in [0.25, 0.3) is 10.0 Å². The van der Waals surface area contributed by atoms with Crippen LogP contribution in [0, 0.1) is 19.7 Å². The Balaban J connectivity index is 2.46. The molecular formula is C14H13BrFNO2S. The molecule has 2 aromatic rings. The van der Waals surface area contributed by atoms with Gasteiger partial charge in [-0.1, -0.05) is 22.0 Å². The Kier molecular flexibility index (Phi) is 4.15. The number of rotatable bonds is 3. The fourth-order valence-corrected chi connectivity index (χ4v) is 3.98. The number of anilines is 1. The van der Waals surface area contributed by atoms with Crippen molar-refractivity contribution in [3.05, 3.63) is 57.8 Å². The van der Waals surface area contributed by atoms with Gasteiger partial charge in [-0.05, 0) is 55.3 Å². The predicted molar refractivity (Wildman–Crippen MR) is 80.8 cm³/mol. The topological polar surface area (TPSA) is 46.2 Å². The zero-order valence-electron chi connectivity index (χ0n) is 10.9. The molecule has 2 aromatic carbocycles. The average molecular weight is 358 g/mol. The van der Waals surface area contributed by atoms with E-state index in [4.69, 9.17) is 0 Å². The van der Waals surface area contributed by atoms with Crippen molar-refractivity contribution in [2.24, 2.45) is 0 Å². The van der Waals surface area contributed by atoms with Gasteiger partial charge >= 0.3 is 0 Å². The van der Waals surface area contributed by atoms with Crippen LogP contribution in [0.3, 0.4) is 0 Å². The molecule has 0 saturated heterocycles. The van der Waals surface area contributed by atoms with Crippen molar-refractivity contribution in [3.8, 4) is 0 Å². The molecule has 0 amide bonds. The molecule has 1 N–H and O–H groups in total. The molecule has 0 fully saturated rings. The van der Waals surface area contributed by atoms with Crippen molar-refractivity contribution in [2.75, 3.05) is 4.72 Å². The lowest BCUT2D eigenvalue weighted by Crippen LogP contribution is -2.16. The molecule has 0 aliphatic carbocycles. The van der Waals surface area contributed by atoms with Gasteiger partial charge in [0.1, 0.15) is 5.82 Å². The first-order valence-corrected chi connectivity index (χ1v) is 8.12. The maximum Gasteiger partial charge on any atom is 0.262 e. The molecule has 6 heteroatoms. The number of hydrogen-bond donors (Lipinski definition) is 1. The van der Waals surface area contributed by atoms with Gasteiger partial charge < -0.3 is 0 Å². The summed E-state index contributed by atoms with van der Waals surface area (Å²) in [7, 11) is -3.75. The molecule has 0 spiro atoms. The second-order valence-electron chi connectivity index (χ2n) is 4.48. The molecule has 0 aromatic heterocycles. The third-order valence-corrected chi connectivity index (χ3v) is 4.95. The van der Waals surface area contributed by atoms with Crippen LogP contribution in [0.15, 0.2) is 45.8 Å². The van der Waals surface area contributed by atoms with Gasteiger partial charge in [-0.25, -0.2) is 12.8 Å². The van der Waals surface area contributed by atoms with Gasteiger partial charge in [-0.15, -0.1) is 0 Å². The van der Waals surface area contributed by atoms with Crippen LogP contribution in [0.25, 0.3) is 0 Å². The van der Waals surface area contributed by atoms with Gasteiger partial charge in [0.2, 0.25) is 0 Å². The lowest BCUT2D eigenvalue weighted by molar-refractivity contribution is 0.597. The first-order chi connectivity index (χ1) is 9.29. The zero-order valence-corrected chi connectivity index (χ0v) is 13.3. The molecule has 3 nitrogen and oxygen atoms in total. The summed E-state index contributed by atoms with van der Waals surface area (Å²) in [4.78, 5) is 0.110. The molecule has 2 rings (SSSR count). The molecule has 0 aliphatic rings. The zero-order chi connectivity index (χ0) is 14.9. The Morgan fingerprint density at radius 3 is 2.25 bits per heavy atom. The van der Waals surface area contributed by atoms with Crippen LogP contribution in [0.4, 0.5) is 10.1 Å². The van der Waals surface area contributed by atoms with Crippen molar-refractivity contribution in [1.29, 1.82) is 0 Å². The van der Waals surface area contributed by atoms with E-state index in [0.717, 1.165) is 4.47 Å². The van der Waals surface area contributed by atoms with Crippen molar-refractivity contribution in [3.63, 3.8) is 0 Å². The van der Waals surface area contributed by atoms with E-state index in [2.05, 4.69) is 20.7 Å². The van der Waals surface area contributed by atoms with E-state index >= 15 is 0 Å². The minimum Gasteiger partial charge on any atom is -0.280 e. The van der Waals surface area contributed by atoms with E-state index in [9.17, 15) is 12.8 Å². The van der Waals surface area contributed by atoms with Gasteiger partial charge in [0, 0.05) is 10.2 Å². The minimum absolute atomic E-state index is 0.110. The highest BCUT2D eigenvalue weighted by Gasteiger charge is 2.20. The monoisotopic (exact) mass is 357 g/mol. The third kappa shape index (κ3) is 3.19. The molecule has 0 aliphatic heterocycles. The molecule has 0 bridgehead atoms. The Bertz CT molecular complexity index is 737. The number of benzene rings is 2. The van der Waals surface area contributed by atoms with Crippen molar-refractivity contribution >= 4 is 31.6 Å². The number of halogens is 2. The largest absolute Gasteiger partial charge is 0.280 e. The minimum atomic E-state index is -3.75. The molecule has 106 valence electrons. The van der Waals surface area contributed by atoms with E-state index in [1.807, 2.05) is 0 Å². The highest BCUT2D eigenvalue weighted by molar-refractivity contribution is 9.10. The fraction of sp³-hybridized carbons (Fsp3) is 0.143. The fourth-order valence-electron chi connectivity index (χ4n) is 2.08. The van der Waals surface area contributed by atoms with E-state index < -0.39 is 15.8 Å². The van der Waals surface area contributed by atoms with Crippen molar-refractivity contribution in [2.45, 2.75) is 18.7 Å². The van der Waals surface area contributed by atoms with Crippen LogP contribution in [0.2, 0.25) is 0 Å². The first kappa shape index (κ1) is 15.0. The third-order valence-electron chi connectivity index (χ3n) is 2.77. The van der Waals surface area contributed by atoms with Crippen LogP contribution >= 0.6 is 15.9 Å². The molecule has 0 unspecified atom stereocenters. The summed E-state index contributed by atoms with van der Waals surface area (Å²) in [5, 5.41) is 0. The highest BCUT2D eigenvalue weighted by Crippen LogP contribution is 2.25. The Hall–Kier alpha value is -1.40. The number of sulfonamides is 1. The standard InChI is InChI=1S/C14H13BrFNO2S/c1-9-6-12(16)7-10(2)14(9)20(18,19)17-13-5-3-4-11(15)8-13/h3-8,17H,1-2H3. The maximum atomic E-state index is 13.3. The number of nitrogens with one attached hydrogen (secondary N) is 1. The van der Waals surface area contributed by atoms with Gasteiger partial charge in [-0.3, -0.25) is 4.72 Å². The summed E-state index contributed by atoms with van der Waals surface area (Å²) in [5.41, 5.74) is 1.21. The number of aryl methyl sites for hydroxylation is 2. The smallest absolute Gasteiger partial charge is 0.262 e. The summed E-state index contributed by atoms with van der Waals surface area (Å²) < 4.78 is 41.4. The SMILES string of the molecule is Cc1cc(F)cc(C)c1S(=O)(=O)Nc1cccc(Br)c1. The summed E-state index contributed by atoms with van der Waals surface area (Å²) in [6.45, 7) is 3.15. The lowest BCUT2D eigenvalue weighted by atomic mass is 10.1. The van der Waals surface area contributed by atoms with Crippen LogP contribution in [-0.2, 0) is 10.0 Å². The van der Waals surface area contributed by atoms with Crippen LogP contribution in [0.5, 0.6) is 0 Å². The summed E-state index contributed by atoms with van der Waals surface area (Å²) in [6, 6.07) is 9.26. The van der Waals surface area contributed by atoms with E-state index in [1.165, 1.54) is 12.1 Å². The van der Waals surface area contributed by atoms with E-state index in [-0.39, 0.29) is 4.90 Å². The Morgan fingerprint density at radius 2 is 1.70 bits per heavy atom. The van der Waals surface area contributed by atoms with Gasteiger partial charge in [-0.2, -0.15) is 0 Å². The van der Waals surface area contributed by atoms with Crippen LogP contribution in [0.1, 0.15) is 11.1 Å². The Morgan fingerprint density at radius 1 is 1.10 bits per heavy atom.